The molecule has 0 aliphatic heterocycles. The maximum atomic E-state index is 6.32. The van der Waals surface area contributed by atoms with Gasteiger partial charge in [-0.3, -0.25) is 5.10 Å². The van der Waals surface area contributed by atoms with E-state index in [0.29, 0.717) is 11.1 Å². The number of nitrogens with one attached hydrogen (secondary N) is 3. The third kappa shape index (κ3) is 1.78. The monoisotopic (exact) mass is 287 g/mol. The minimum absolute atomic E-state index is 0.539. The zero-order valence-corrected chi connectivity index (χ0v) is 11.8. The van der Waals surface area contributed by atoms with Crippen molar-refractivity contribution in [1.29, 1.82) is 0 Å². The maximum Gasteiger partial charge on any atom is 0.140 e. The highest BCUT2D eigenvalue weighted by Crippen LogP contribution is 2.40. The molecule has 3 N–H and O–H groups in total. The molecule has 0 unspecified atom stereocenters. The predicted molar refractivity (Wildman–Crippen MR) is 80.1 cm³/mol. The first-order valence-electron chi connectivity index (χ1n) is 6.66. The first-order valence-corrected chi connectivity index (χ1v) is 7.04. The number of aromatic amines is 2. The summed E-state index contributed by atoms with van der Waals surface area (Å²) < 4.78 is 0. The zero-order valence-electron chi connectivity index (χ0n) is 11.0. The Kier molecular flexibility index (Phi) is 2.50. The smallest absolute Gasteiger partial charge is 0.140 e. The summed E-state index contributed by atoms with van der Waals surface area (Å²) in [6, 6.07) is 0.539. The second-order valence-electron chi connectivity index (χ2n) is 5.23. The van der Waals surface area contributed by atoms with Gasteiger partial charge < -0.3 is 10.3 Å². The Morgan fingerprint density at radius 2 is 2.15 bits per heavy atom. The van der Waals surface area contributed by atoms with Crippen molar-refractivity contribution in [3.8, 4) is 11.1 Å². The number of H-pyrrole nitrogens is 2. The highest BCUT2D eigenvalue weighted by Gasteiger charge is 2.25. The molecule has 3 aromatic heterocycles. The van der Waals surface area contributed by atoms with Gasteiger partial charge in [0.1, 0.15) is 5.65 Å². The maximum absolute atomic E-state index is 6.32. The summed E-state index contributed by atoms with van der Waals surface area (Å²) in [6.45, 7) is 2.01. The number of fused-ring (bicyclic) bond motifs is 1. The molecule has 4 rings (SSSR count). The fraction of sp³-hybridized carbons (Fsp3) is 0.286. The van der Waals surface area contributed by atoms with Gasteiger partial charge in [0.15, 0.2) is 0 Å². The minimum Gasteiger partial charge on any atom is -0.381 e. The number of aryl methyl sites for hydroxylation is 1. The third-order valence-corrected chi connectivity index (χ3v) is 4.00. The quantitative estimate of drug-likeness (QED) is 0.690. The number of anilines is 1. The molecule has 1 aliphatic carbocycles. The van der Waals surface area contributed by atoms with Gasteiger partial charge in [0, 0.05) is 35.3 Å². The molecule has 0 aromatic carbocycles. The summed E-state index contributed by atoms with van der Waals surface area (Å²) in [6.07, 6.45) is 7.89. The average Bonchev–Trinajstić information content (AvgIpc) is 3.03. The molecule has 3 aromatic rings. The molecule has 1 fully saturated rings. The van der Waals surface area contributed by atoms with Crippen LogP contribution in [-0.2, 0) is 0 Å². The lowest BCUT2D eigenvalue weighted by molar-refractivity contribution is 1.05. The summed E-state index contributed by atoms with van der Waals surface area (Å²) in [5, 5.41) is 12.3. The molecule has 1 aliphatic rings. The molecule has 0 atom stereocenters. The van der Waals surface area contributed by atoms with Gasteiger partial charge >= 0.3 is 0 Å². The second-order valence-corrected chi connectivity index (χ2v) is 5.64. The molecular weight excluding hydrogens is 274 g/mol. The van der Waals surface area contributed by atoms with Crippen molar-refractivity contribution >= 4 is 28.3 Å². The van der Waals surface area contributed by atoms with Crippen LogP contribution in [0.5, 0.6) is 0 Å². The molecule has 1 saturated carbocycles. The standard InChI is InChI=1S/C14H14ClN5/c1-7-9(5-18-20-7)10-4-16-14-12(11(15)6-17-14)13(10)19-8-2-3-8/h4-6,8H,2-3H2,1H3,(H,18,20)(H2,16,17,19). The number of pyridine rings is 1. The van der Waals surface area contributed by atoms with Crippen molar-refractivity contribution in [2.24, 2.45) is 0 Å². The normalized spacial score (nSPS) is 14.9. The Morgan fingerprint density at radius 3 is 2.85 bits per heavy atom. The van der Waals surface area contributed by atoms with Gasteiger partial charge in [-0.15, -0.1) is 0 Å². The van der Waals surface area contributed by atoms with Gasteiger partial charge in [-0.25, -0.2) is 4.98 Å². The van der Waals surface area contributed by atoms with E-state index in [1.165, 1.54) is 12.8 Å². The van der Waals surface area contributed by atoms with Gasteiger partial charge in [-0.1, -0.05) is 11.6 Å². The van der Waals surface area contributed by atoms with E-state index in [4.69, 9.17) is 11.6 Å². The van der Waals surface area contributed by atoms with Crippen molar-refractivity contribution in [2.45, 2.75) is 25.8 Å². The van der Waals surface area contributed by atoms with Gasteiger partial charge in [-0.05, 0) is 19.8 Å². The Balaban J connectivity index is 1.99. The molecule has 20 heavy (non-hydrogen) atoms. The van der Waals surface area contributed by atoms with E-state index in [-0.39, 0.29) is 0 Å². The van der Waals surface area contributed by atoms with Crippen molar-refractivity contribution in [1.82, 2.24) is 20.2 Å². The van der Waals surface area contributed by atoms with Crippen LogP contribution in [0.3, 0.4) is 0 Å². The first-order chi connectivity index (χ1) is 9.74. The largest absolute Gasteiger partial charge is 0.381 e. The van der Waals surface area contributed by atoms with Crippen molar-refractivity contribution in [3.63, 3.8) is 0 Å². The SMILES string of the molecule is Cc1[nH]ncc1-c1cnc2[nH]cc(Cl)c2c1NC1CC1. The Hall–Kier alpha value is -2.01. The van der Waals surface area contributed by atoms with Crippen LogP contribution >= 0.6 is 11.6 Å². The van der Waals surface area contributed by atoms with E-state index < -0.39 is 0 Å². The van der Waals surface area contributed by atoms with E-state index in [0.717, 1.165) is 33.5 Å². The highest BCUT2D eigenvalue weighted by molar-refractivity contribution is 6.36. The minimum atomic E-state index is 0.539. The van der Waals surface area contributed by atoms with Crippen LogP contribution in [0.15, 0.2) is 18.6 Å². The molecule has 102 valence electrons. The van der Waals surface area contributed by atoms with E-state index in [1.807, 2.05) is 19.3 Å². The van der Waals surface area contributed by atoms with Crippen LogP contribution in [0.2, 0.25) is 5.02 Å². The second kappa shape index (κ2) is 4.24. The fourth-order valence-corrected chi connectivity index (χ4v) is 2.70. The van der Waals surface area contributed by atoms with Gasteiger partial charge in [0.2, 0.25) is 0 Å². The van der Waals surface area contributed by atoms with Gasteiger partial charge in [0.25, 0.3) is 0 Å². The van der Waals surface area contributed by atoms with E-state index in [9.17, 15) is 0 Å². The summed E-state index contributed by atoms with van der Waals surface area (Å²) in [4.78, 5) is 7.57. The summed E-state index contributed by atoms with van der Waals surface area (Å²) in [7, 11) is 0. The third-order valence-electron chi connectivity index (χ3n) is 3.70. The summed E-state index contributed by atoms with van der Waals surface area (Å²) in [5.74, 6) is 0. The zero-order chi connectivity index (χ0) is 13.7. The van der Waals surface area contributed by atoms with Crippen molar-refractivity contribution < 1.29 is 0 Å². The lowest BCUT2D eigenvalue weighted by Crippen LogP contribution is -2.04. The average molecular weight is 288 g/mol. The molecule has 0 saturated heterocycles. The van der Waals surface area contributed by atoms with Crippen LogP contribution in [-0.4, -0.2) is 26.2 Å². The van der Waals surface area contributed by atoms with Crippen LogP contribution < -0.4 is 5.32 Å². The topological polar surface area (TPSA) is 69.4 Å². The molecule has 6 heteroatoms. The van der Waals surface area contributed by atoms with Gasteiger partial charge in [0.05, 0.1) is 22.3 Å². The van der Waals surface area contributed by atoms with Crippen molar-refractivity contribution in [3.05, 3.63) is 29.3 Å². The summed E-state index contributed by atoms with van der Waals surface area (Å²) in [5.41, 5.74) is 4.98. The van der Waals surface area contributed by atoms with E-state index in [2.05, 4.69) is 25.5 Å². The Labute approximate surface area is 120 Å². The first kappa shape index (κ1) is 11.8. The molecule has 5 nitrogen and oxygen atoms in total. The number of halogens is 1. The predicted octanol–water partition coefficient (Wildman–Crippen LogP) is 3.49. The van der Waals surface area contributed by atoms with E-state index >= 15 is 0 Å². The molecule has 0 radical (unpaired) electrons. The van der Waals surface area contributed by atoms with Crippen LogP contribution in [0.1, 0.15) is 18.5 Å². The number of hydrogen-bond acceptors (Lipinski definition) is 3. The lowest BCUT2D eigenvalue weighted by atomic mass is 10.1. The molecule has 0 spiro atoms. The summed E-state index contributed by atoms with van der Waals surface area (Å²) >= 11 is 6.32. The lowest BCUT2D eigenvalue weighted by Gasteiger charge is -2.12. The molecule has 0 bridgehead atoms. The van der Waals surface area contributed by atoms with Gasteiger partial charge in [-0.2, -0.15) is 5.10 Å². The number of aromatic nitrogens is 4. The fourth-order valence-electron chi connectivity index (χ4n) is 2.47. The number of rotatable bonds is 3. The molecule has 3 heterocycles. The van der Waals surface area contributed by atoms with Crippen molar-refractivity contribution in [2.75, 3.05) is 5.32 Å². The molecule has 0 amide bonds. The Bertz CT molecular complexity index is 784. The van der Waals surface area contributed by atoms with Crippen LogP contribution in [0.25, 0.3) is 22.2 Å². The number of hydrogen-bond donors (Lipinski definition) is 3. The van der Waals surface area contributed by atoms with Crippen LogP contribution in [0.4, 0.5) is 5.69 Å². The highest BCUT2D eigenvalue weighted by atomic mass is 35.5. The van der Waals surface area contributed by atoms with Crippen LogP contribution in [0, 0.1) is 6.92 Å². The molecular formula is C14H14ClN5. The number of nitrogens with zero attached hydrogens (tertiary/aromatic N) is 2. The Morgan fingerprint density at radius 1 is 1.30 bits per heavy atom. The van der Waals surface area contributed by atoms with E-state index in [1.54, 1.807) is 6.20 Å².